The van der Waals surface area contributed by atoms with E-state index >= 15 is 0 Å². The lowest BCUT2D eigenvalue weighted by atomic mass is 10.1. The average molecular weight is 154 g/mol. The Morgan fingerprint density at radius 1 is 1.73 bits per heavy atom. The average Bonchev–Trinajstić information content (AvgIpc) is 1.98. The van der Waals surface area contributed by atoms with Gasteiger partial charge in [0, 0.05) is 6.08 Å². The lowest BCUT2D eigenvalue weighted by Crippen LogP contribution is -2.31. The lowest BCUT2D eigenvalue weighted by molar-refractivity contribution is -0.146. The molecule has 1 N–H and O–H groups in total. The van der Waals surface area contributed by atoms with E-state index in [1.54, 1.807) is 19.1 Å². The molecule has 0 aromatic carbocycles. The van der Waals surface area contributed by atoms with Gasteiger partial charge in [0.05, 0.1) is 0 Å². The fourth-order valence-electron chi connectivity index (χ4n) is 0.873. The summed E-state index contributed by atoms with van der Waals surface area (Å²) in [5, 5.41) is 9.20. The van der Waals surface area contributed by atoms with E-state index in [0.717, 1.165) is 0 Å². The largest absolute Gasteiger partial charge is 0.452 e. The first-order chi connectivity index (χ1) is 5.24. The number of aliphatic hydroxyl groups excluding tert-OH is 1. The van der Waals surface area contributed by atoms with Crippen LogP contribution in [0.5, 0.6) is 0 Å². The highest BCUT2D eigenvalue weighted by Gasteiger charge is 2.21. The molecule has 11 heavy (non-hydrogen) atoms. The van der Waals surface area contributed by atoms with Crippen molar-refractivity contribution in [3.05, 3.63) is 24.3 Å². The highest BCUT2D eigenvalue weighted by Crippen LogP contribution is 2.09. The number of allylic oxidation sites excluding steroid dienone is 1. The van der Waals surface area contributed by atoms with Crippen LogP contribution in [0.25, 0.3) is 0 Å². The van der Waals surface area contributed by atoms with Crippen LogP contribution < -0.4 is 0 Å². The van der Waals surface area contributed by atoms with Crippen LogP contribution in [0.1, 0.15) is 6.92 Å². The zero-order chi connectivity index (χ0) is 8.27. The molecule has 3 heteroatoms. The summed E-state index contributed by atoms with van der Waals surface area (Å²) in [6, 6.07) is 0. The quantitative estimate of drug-likeness (QED) is 0.439. The van der Waals surface area contributed by atoms with E-state index in [2.05, 4.69) is 0 Å². The van der Waals surface area contributed by atoms with Crippen molar-refractivity contribution < 1.29 is 14.6 Å². The van der Waals surface area contributed by atoms with E-state index in [9.17, 15) is 9.90 Å². The van der Waals surface area contributed by atoms with Crippen molar-refractivity contribution in [2.75, 3.05) is 0 Å². The van der Waals surface area contributed by atoms with Gasteiger partial charge in [-0.2, -0.15) is 0 Å². The van der Waals surface area contributed by atoms with Crippen molar-refractivity contribution in [3.8, 4) is 0 Å². The van der Waals surface area contributed by atoms with Gasteiger partial charge in [-0.15, -0.1) is 0 Å². The van der Waals surface area contributed by atoms with Gasteiger partial charge in [0.15, 0.2) is 0 Å². The highest BCUT2D eigenvalue weighted by molar-refractivity contribution is 5.83. The molecule has 0 aliphatic carbocycles. The zero-order valence-corrected chi connectivity index (χ0v) is 6.23. The predicted octanol–water partition coefficient (Wildman–Crippen LogP) is 0.405. The molecule has 0 fully saturated rings. The molecule has 2 unspecified atom stereocenters. The second-order valence-electron chi connectivity index (χ2n) is 2.28. The van der Waals surface area contributed by atoms with Crippen LogP contribution in [0.2, 0.25) is 0 Å². The van der Waals surface area contributed by atoms with Gasteiger partial charge in [0.1, 0.15) is 12.2 Å². The molecule has 0 aromatic rings. The molecule has 1 aliphatic rings. The summed E-state index contributed by atoms with van der Waals surface area (Å²) < 4.78 is 4.78. The van der Waals surface area contributed by atoms with Gasteiger partial charge in [-0.3, -0.25) is 0 Å². The lowest BCUT2D eigenvalue weighted by Gasteiger charge is -2.20. The Morgan fingerprint density at radius 3 is 3.09 bits per heavy atom. The Morgan fingerprint density at radius 2 is 2.45 bits per heavy atom. The fraction of sp³-hybridized carbons (Fsp3) is 0.375. The van der Waals surface area contributed by atoms with Gasteiger partial charge in [-0.05, 0) is 19.1 Å². The second kappa shape index (κ2) is 3.34. The molecule has 0 spiro atoms. The maximum atomic E-state index is 10.6. The standard InChI is InChI=1S/C8H10O3/c1-2-3-7-6(9)4-5-8(10)11-7/h2-7,9H,1H3/b3-2+. The fourth-order valence-corrected chi connectivity index (χ4v) is 0.873. The Kier molecular flexibility index (Phi) is 2.44. The molecule has 60 valence electrons. The molecule has 0 saturated carbocycles. The molecule has 0 bridgehead atoms. The number of ether oxygens (including phenoxy) is 1. The summed E-state index contributed by atoms with van der Waals surface area (Å²) in [5.41, 5.74) is 0. The predicted molar refractivity (Wildman–Crippen MR) is 39.8 cm³/mol. The maximum Gasteiger partial charge on any atom is 0.331 e. The minimum Gasteiger partial charge on any atom is -0.452 e. The normalized spacial score (nSPS) is 30.9. The molecular formula is C8H10O3. The van der Waals surface area contributed by atoms with Gasteiger partial charge in [-0.1, -0.05) is 6.08 Å². The van der Waals surface area contributed by atoms with E-state index in [1.165, 1.54) is 12.2 Å². The number of carbonyl (C=O) groups is 1. The SMILES string of the molecule is C/C=C/C1OC(=O)C=CC1O. The first kappa shape index (κ1) is 8.01. The smallest absolute Gasteiger partial charge is 0.331 e. The first-order valence-corrected chi connectivity index (χ1v) is 3.43. The van der Waals surface area contributed by atoms with E-state index in [-0.39, 0.29) is 0 Å². The summed E-state index contributed by atoms with van der Waals surface area (Å²) in [6.07, 6.45) is 4.81. The highest BCUT2D eigenvalue weighted by atomic mass is 16.6. The number of aliphatic hydroxyl groups is 1. The van der Waals surface area contributed by atoms with Gasteiger partial charge in [-0.25, -0.2) is 4.79 Å². The third-order valence-electron chi connectivity index (χ3n) is 1.40. The van der Waals surface area contributed by atoms with Crippen LogP contribution >= 0.6 is 0 Å². The number of carbonyl (C=O) groups excluding carboxylic acids is 1. The Balaban J connectivity index is 2.67. The summed E-state index contributed by atoms with van der Waals surface area (Å²) in [6.45, 7) is 1.80. The maximum absolute atomic E-state index is 10.6. The number of hydrogen-bond donors (Lipinski definition) is 1. The molecule has 3 nitrogen and oxygen atoms in total. The van der Waals surface area contributed by atoms with Gasteiger partial charge in [0.25, 0.3) is 0 Å². The van der Waals surface area contributed by atoms with Crippen molar-refractivity contribution in [2.45, 2.75) is 19.1 Å². The van der Waals surface area contributed by atoms with Gasteiger partial charge >= 0.3 is 5.97 Å². The van der Waals surface area contributed by atoms with E-state index < -0.39 is 18.2 Å². The van der Waals surface area contributed by atoms with Crippen molar-refractivity contribution >= 4 is 5.97 Å². The second-order valence-corrected chi connectivity index (χ2v) is 2.28. The molecule has 0 amide bonds. The molecule has 1 heterocycles. The Bertz CT molecular complexity index is 205. The summed E-state index contributed by atoms with van der Waals surface area (Å²) in [7, 11) is 0. The van der Waals surface area contributed by atoms with Crippen LogP contribution in [-0.4, -0.2) is 23.3 Å². The van der Waals surface area contributed by atoms with Crippen LogP contribution in [-0.2, 0) is 9.53 Å². The van der Waals surface area contributed by atoms with Crippen molar-refractivity contribution in [1.29, 1.82) is 0 Å². The molecule has 0 saturated heterocycles. The van der Waals surface area contributed by atoms with Crippen molar-refractivity contribution in [3.63, 3.8) is 0 Å². The molecule has 0 radical (unpaired) electrons. The summed E-state index contributed by atoms with van der Waals surface area (Å²) >= 11 is 0. The molecule has 1 rings (SSSR count). The molecule has 2 atom stereocenters. The number of rotatable bonds is 1. The summed E-state index contributed by atoms with van der Waals surface area (Å²) in [4.78, 5) is 10.6. The molecule has 1 aliphatic heterocycles. The van der Waals surface area contributed by atoms with Crippen LogP contribution in [0.3, 0.4) is 0 Å². The van der Waals surface area contributed by atoms with E-state index in [0.29, 0.717) is 0 Å². The third-order valence-corrected chi connectivity index (χ3v) is 1.40. The number of esters is 1. The van der Waals surface area contributed by atoms with Gasteiger partial charge in [0.2, 0.25) is 0 Å². The molecular weight excluding hydrogens is 144 g/mol. The van der Waals surface area contributed by atoms with Crippen molar-refractivity contribution in [1.82, 2.24) is 0 Å². The van der Waals surface area contributed by atoms with Crippen molar-refractivity contribution in [2.24, 2.45) is 0 Å². The van der Waals surface area contributed by atoms with Crippen LogP contribution in [0, 0.1) is 0 Å². The van der Waals surface area contributed by atoms with Crippen LogP contribution in [0.15, 0.2) is 24.3 Å². The minimum atomic E-state index is -0.705. The first-order valence-electron chi connectivity index (χ1n) is 3.43. The Labute approximate surface area is 65.0 Å². The zero-order valence-electron chi connectivity index (χ0n) is 6.23. The minimum absolute atomic E-state index is 0.404. The third kappa shape index (κ3) is 1.91. The van der Waals surface area contributed by atoms with Crippen LogP contribution in [0.4, 0.5) is 0 Å². The topological polar surface area (TPSA) is 46.5 Å². The monoisotopic (exact) mass is 154 g/mol. The Hall–Kier alpha value is -1.09. The van der Waals surface area contributed by atoms with E-state index in [4.69, 9.17) is 4.74 Å². The number of cyclic esters (lactones) is 1. The van der Waals surface area contributed by atoms with Gasteiger partial charge < -0.3 is 9.84 Å². The number of hydrogen-bond acceptors (Lipinski definition) is 3. The summed E-state index contributed by atoms with van der Waals surface area (Å²) in [5.74, 6) is -0.404. The molecule has 0 aromatic heterocycles. The van der Waals surface area contributed by atoms with E-state index in [1.807, 2.05) is 0 Å².